The maximum absolute atomic E-state index is 11.5. The summed E-state index contributed by atoms with van der Waals surface area (Å²) in [4.78, 5) is 20.0. The second kappa shape index (κ2) is 15.2. The van der Waals surface area contributed by atoms with Crippen LogP contribution in [0.4, 0.5) is 0 Å². The number of aromatic nitrogens is 2. The molecule has 0 spiro atoms. The lowest BCUT2D eigenvalue weighted by Crippen LogP contribution is -2.11. The Labute approximate surface area is 308 Å². The van der Waals surface area contributed by atoms with Gasteiger partial charge < -0.3 is 18.7 Å². The van der Waals surface area contributed by atoms with Crippen LogP contribution in [0, 0.1) is 0 Å². The average Bonchev–Trinajstić information content (AvgIpc) is 3.76. The molecule has 0 aliphatic carbocycles. The molecule has 0 saturated heterocycles. The van der Waals surface area contributed by atoms with Crippen LogP contribution in [-0.2, 0) is 20.0 Å². The van der Waals surface area contributed by atoms with Crippen LogP contribution in [0.25, 0.3) is 45.2 Å². The number of rotatable bonds is 9. The van der Waals surface area contributed by atoms with E-state index in [0.717, 1.165) is 11.1 Å². The first-order valence-electron chi connectivity index (χ1n) is 15.3. The molecule has 5 N–H and O–H groups in total. The molecule has 0 unspecified atom stereocenters. The van der Waals surface area contributed by atoms with E-state index < -0.39 is 26.0 Å². The summed E-state index contributed by atoms with van der Waals surface area (Å²) in [5.74, 6) is -0.275. The smallest absolute Gasteiger partial charge is 0.400 e. The lowest BCUT2D eigenvalue weighted by molar-refractivity contribution is 0.0693. The number of nitrogens with two attached hydrogens (primary N) is 2. The van der Waals surface area contributed by atoms with Gasteiger partial charge in [0.15, 0.2) is 11.5 Å². The van der Waals surface area contributed by atoms with Gasteiger partial charge >= 0.3 is 12.0 Å². The van der Waals surface area contributed by atoms with E-state index in [1.165, 1.54) is 36.4 Å². The third-order valence-electron chi connectivity index (χ3n) is 7.51. The Hall–Kier alpha value is -6.10. The van der Waals surface area contributed by atoms with Gasteiger partial charge in [0.1, 0.15) is 22.7 Å². The molecule has 0 aliphatic heterocycles. The van der Waals surface area contributed by atoms with Gasteiger partial charge in [0, 0.05) is 22.3 Å². The molecule has 7 rings (SSSR count). The summed E-state index contributed by atoms with van der Waals surface area (Å²) in [6, 6.07) is 36.6. The first kappa shape index (κ1) is 36.7. The molecule has 2 heterocycles. The second-order valence-corrected chi connectivity index (χ2v) is 14.5. The average molecular weight is 771 g/mol. The SMILES string of the molecule is NS(=O)(=O)c1ccc(-c2oc(Cl)nc2-c2ccccc2)cc1.NS(=O)(=O)c1ccc(-c2oc(Oc3ccccc3C(=O)O)nc2-c2ccccc2)cc1. The van der Waals surface area contributed by atoms with E-state index >= 15 is 0 Å². The van der Waals surface area contributed by atoms with Gasteiger partial charge in [-0.3, -0.25) is 0 Å². The van der Waals surface area contributed by atoms with Crippen molar-refractivity contribution in [1.29, 1.82) is 0 Å². The topological polar surface area (TPSA) is 219 Å². The molecular formula is C37H27ClN4O9S2. The third-order valence-corrected chi connectivity index (χ3v) is 9.53. The number of para-hydroxylation sites is 1. The summed E-state index contributed by atoms with van der Waals surface area (Å²) in [7, 11) is -7.57. The molecular weight excluding hydrogens is 744 g/mol. The number of benzene rings is 5. The first-order valence-corrected chi connectivity index (χ1v) is 18.8. The van der Waals surface area contributed by atoms with Crippen molar-refractivity contribution in [1.82, 2.24) is 9.97 Å². The fraction of sp³-hybridized carbons (Fsp3) is 0. The van der Waals surface area contributed by atoms with E-state index in [2.05, 4.69) is 9.97 Å². The molecule has 13 nitrogen and oxygen atoms in total. The van der Waals surface area contributed by atoms with Crippen LogP contribution < -0.4 is 15.0 Å². The number of carboxylic acid groups (broad SMARTS) is 1. The van der Waals surface area contributed by atoms with Crippen molar-refractivity contribution in [3.05, 3.63) is 144 Å². The summed E-state index contributed by atoms with van der Waals surface area (Å²) < 4.78 is 62.6. The fourth-order valence-electron chi connectivity index (χ4n) is 5.03. The largest absolute Gasteiger partial charge is 0.478 e. The standard InChI is InChI=1S/C22H16N2O6S.C15H11ClN2O3S/c23-31(27,28)16-12-10-15(11-13-16)20-19(14-6-2-1-3-7-14)24-22(30-20)29-18-9-5-4-8-17(18)21(25)26;16-15-18-13(10-4-2-1-3-5-10)14(21-15)11-6-8-12(9-7-11)22(17,19)20/h1-13H,(H,25,26)(H2,23,27,28);1-9H,(H2,17,19,20). The van der Waals surface area contributed by atoms with E-state index in [0.29, 0.717) is 34.0 Å². The minimum Gasteiger partial charge on any atom is -0.478 e. The van der Waals surface area contributed by atoms with Crippen LogP contribution >= 0.6 is 11.6 Å². The molecule has 0 bridgehead atoms. The molecule has 0 atom stereocenters. The molecule has 0 radical (unpaired) electrons. The zero-order valence-electron chi connectivity index (χ0n) is 27.2. The predicted octanol–water partition coefficient (Wildman–Crippen LogP) is 7.46. The van der Waals surface area contributed by atoms with E-state index in [-0.39, 0.29) is 32.5 Å². The highest BCUT2D eigenvalue weighted by atomic mass is 35.5. The Balaban J connectivity index is 0.000000192. The first-order chi connectivity index (χ1) is 25.3. The maximum Gasteiger partial charge on any atom is 0.400 e. The van der Waals surface area contributed by atoms with Gasteiger partial charge in [0.25, 0.3) is 5.35 Å². The van der Waals surface area contributed by atoms with E-state index in [1.54, 1.807) is 36.4 Å². The quantitative estimate of drug-likeness (QED) is 0.131. The summed E-state index contributed by atoms with van der Waals surface area (Å²) in [6.45, 7) is 0. The predicted molar refractivity (Wildman–Crippen MR) is 196 cm³/mol. The number of primary sulfonamides is 2. The Morgan fingerprint density at radius 2 is 1.02 bits per heavy atom. The number of carbonyl (C=O) groups is 1. The Kier molecular flexibility index (Phi) is 10.6. The number of ether oxygens (including phenoxy) is 1. The fourth-order valence-corrected chi connectivity index (χ4v) is 6.22. The highest BCUT2D eigenvalue weighted by Gasteiger charge is 2.21. The lowest BCUT2D eigenvalue weighted by Gasteiger charge is -2.04. The van der Waals surface area contributed by atoms with Crippen molar-refractivity contribution < 1.29 is 40.3 Å². The molecule has 7 aromatic rings. The highest BCUT2D eigenvalue weighted by Crippen LogP contribution is 2.38. The van der Waals surface area contributed by atoms with Crippen molar-refractivity contribution in [3.63, 3.8) is 0 Å². The van der Waals surface area contributed by atoms with Crippen molar-refractivity contribution >= 4 is 37.6 Å². The van der Waals surface area contributed by atoms with E-state index in [1.807, 2.05) is 60.7 Å². The van der Waals surface area contributed by atoms with Gasteiger partial charge in [-0.25, -0.2) is 31.9 Å². The minimum atomic E-state index is -3.84. The molecule has 0 fully saturated rings. The number of aromatic carboxylic acids is 1. The Morgan fingerprint density at radius 3 is 1.49 bits per heavy atom. The van der Waals surface area contributed by atoms with Crippen LogP contribution in [0.5, 0.6) is 11.8 Å². The highest BCUT2D eigenvalue weighted by molar-refractivity contribution is 7.89. The zero-order valence-corrected chi connectivity index (χ0v) is 29.5. The lowest BCUT2D eigenvalue weighted by atomic mass is 10.1. The molecule has 0 saturated carbocycles. The van der Waals surface area contributed by atoms with E-state index in [4.69, 9.17) is 35.5 Å². The summed E-state index contributed by atoms with van der Waals surface area (Å²) in [6.07, 6.45) is -0.155. The van der Waals surface area contributed by atoms with Crippen molar-refractivity contribution in [2.45, 2.75) is 9.79 Å². The number of hydrogen-bond acceptors (Lipinski definition) is 10. The zero-order chi connectivity index (χ0) is 37.8. The number of carboxylic acids is 1. The Bertz CT molecular complexity index is 2610. The molecule has 2 aromatic heterocycles. The van der Waals surface area contributed by atoms with Crippen LogP contribution in [0.15, 0.2) is 152 Å². The van der Waals surface area contributed by atoms with Crippen LogP contribution in [0.2, 0.25) is 5.35 Å². The Morgan fingerprint density at radius 1 is 0.585 bits per heavy atom. The van der Waals surface area contributed by atoms with Gasteiger partial charge in [0.2, 0.25) is 20.0 Å². The van der Waals surface area contributed by atoms with Crippen LogP contribution in [0.3, 0.4) is 0 Å². The third kappa shape index (κ3) is 8.69. The number of nitrogens with zero attached hydrogens (tertiary/aromatic N) is 2. The van der Waals surface area contributed by atoms with Gasteiger partial charge in [0.05, 0.1) is 9.79 Å². The second-order valence-electron chi connectivity index (χ2n) is 11.1. The van der Waals surface area contributed by atoms with Crippen LogP contribution in [0.1, 0.15) is 10.4 Å². The van der Waals surface area contributed by atoms with Crippen molar-refractivity contribution in [2.24, 2.45) is 10.3 Å². The molecule has 0 aliphatic rings. The molecule has 268 valence electrons. The van der Waals surface area contributed by atoms with Gasteiger partial charge in [-0.15, -0.1) is 0 Å². The van der Waals surface area contributed by atoms with E-state index in [9.17, 15) is 26.7 Å². The number of halogens is 1. The van der Waals surface area contributed by atoms with Crippen molar-refractivity contribution in [2.75, 3.05) is 0 Å². The summed E-state index contributed by atoms with van der Waals surface area (Å²) in [5.41, 5.74) is 3.79. The molecule has 16 heteroatoms. The minimum absolute atomic E-state index is 0.0179. The molecule has 5 aromatic carbocycles. The number of oxazole rings is 2. The van der Waals surface area contributed by atoms with Gasteiger partial charge in [-0.05, 0) is 72.3 Å². The van der Waals surface area contributed by atoms with Gasteiger partial charge in [-0.1, -0.05) is 72.8 Å². The van der Waals surface area contributed by atoms with Gasteiger partial charge in [-0.2, -0.15) is 9.97 Å². The maximum atomic E-state index is 11.5. The monoisotopic (exact) mass is 770 g/mol. The summed E-state index contributed by atoms with van der Waals surface area (Å²) in [5, 5.41) is 19.6. The molecule has 53 heavy (non-hydrogen) atoms. The van der Waals surface area contributed by atoms with Crippen molar-refractivity contribution in [3.8, 4) is 57.0 Å². The molecule has 0 amide bonds. The number of hydrogen-bond donors (Lipinski definition) is 3. The van der Waals surface area contributed by atoms with Crippen LogP contribution in [-0.4, -0.2) is 37.9 Å². The normalized spacial score (nSPS) is 11.4. The summed E-state index contributed by atoms with van der Waals surface area (Å²) >= 11 is 5.88. The number of sulfonamides is 2.